The van der Waals surface area contributed by atoms with Crippen molar-refractivity contribution in [3.05, 3.63) is 51.6 Å². The lowest BCUT2D eigenvalue weighted by molar-refractivity contribution is -0.384. The quantitative estimate of drug-likeness (QED) is 0.467. The molecule has 0 fully saturated rings. The van der Waals surface area contributed by atoms with Crippen molar-refractivity contribution >= 4 is 11.6 Å². The molecule has 0 radical (unpaired) electrons. The summed E-state index contributed by atoms with van der Waals surface area (Å²) in [6.07, 6.45) is 1.54. The van der Waals surface area contributed by atoms with Gasteiger partial charge in [-0.25, -0.2) is 0 Å². The van der Waals surface area contributed by atoms with Crippen LogP contribution in [-0.4, -0.2) is 22.8 Å². The zero-order chi connectivity index (χ0) is 13.7. The molecule has 0 aliphatic heterocycles. The van der Waals surface area contributed by atoms with Crippen molar-refractivity contribution in [1.29, 1.82) is 0 Å². The lowest BCUT2D eigenvalue weighted by Gasteiger charge is -2.15. The van der Waals surface area contributed by atoms with Crippen molar-refractivity contribution in [1.82, 2.24) is 4.90 Å². The lowest BCUT2D eigenvalue weighted by atomic mass is 10.2. The van der Waals surface area contributed by atoms with E-state index >= 15 is 0 Å². The first-order chi connectivity index (χ1) is 8.40. The Morgan fingerprint density at radius 3 is 2.67 bits per heavy atom. The molecule has 5 nitrogen and oxygen atoms in total. The molecule has 0 atom stereocenters. The molecule has 96 valence electrons. The summed E-state index contributed by atoms with van der Waals surface area (Å²) in [6, 6.07) is 6.29. The molecular formula is C13H16N2O3. The Morgan fingerprint density at radius 2 is 2.11 bits per heavy atom. The zero-order valence-corrected chi connectivity index (χ0v) is 10.7. The first kappa shape index (κ1) is 13.9. The summed E-state index contributed by atoms with van der Waals surface area (Å²) in [5.74, 6) is -0.110. The molecular weight excluding hydrogens is 232 g/mol. The van der Waals surface area contributed by atoms with Crippen LogP contribution in [0.1, 0.15) is 19.4 Å². The van der Waals surface area contributed by atoms with Crippen molar-refractivity contribution in [2.45, 2.75) is 20.4 Å². The molecule has 1 aromatic rings. The number of carbonyl (C=O) groups excluding carboxylic acids is 1. The molecule has 1 amide bonds. The molecule has 0 saturated carbocycles. The smallest absolute Gasteiger partial charge is 0.269 e. The molecule has 18 heavy (non-hydrogen) atoms. The lowest BCUT2D eigenvalue weighted by Crippen LogP contribution is -2.24. The van der Waals surface area contributed by atoms with Crippen LogP contribution in [0.3, 0.4) is 0 Å². The van der Waals surface area contributed by atoms with Gasteiger partial charge in [0, 0.05) is 31.8 Å². The number of allylic oxidation sites excluding steroid dienone is 1. The number of benzene rings is 1. The van der Waals surface area contributed by atoms with Gasteiger partial charge in [-0.3, -0.25) is 14.9 Å². The standard InChI is InChI=1S/C13H16N2O3/c1-10(2)7-13(16)14(3)9-11-5-4-6-12(8-11)15(17)18/h4-8H,9H2,1-3H3. The number of carbonyl (C=O) groups is 1. The predicted molar refractivity (Wildman–Crippen MR) is 69.0 cm³/mol. The van der Waals surface area contributed by atoms with Crippen LogP contribution in [0.5, 0.6) is 0 Å². The highest BCUT2D eigenvalue weighted by atomic mass is 16.6. The van der Waals surface area contributed by atoms with Crippen LogP contribution in [0.2, 0.25) is 0 Å². The van der Waals surface area contributed by atoms with Crippen molar-refractivity contribution in [2.24, 2.45) is 0 Å². The van der Waals surface area contributed by atoms with Crippen LogP contribution in [0.4, 0.5) is 5.69 Å². The number of hydrogen-bond acceptors (Lipinski definition) is 3. The third-order valence-electron chi connectivity index (χ3n) is 2.33. The fraction of sp³-hybridized carbons (Fsp3) is 0.308. The van der Waals surface area contributed by atoms with Crippen LogP contribution >= 0.6 is 0 Å². The van der Waals surface area contributed by atoms with E-state index in [1.54, 1.807) is 19.2 Å². The number of non-ortho nitro benzene ring substituents is 1. The van der Waals surface area contributed by atoms with E-state index in [1.165, 1.54) is 23.1 Å². The Labute approximate surface area is 106 Å². The summed E-state index contributed by atoms with van der Waals surface area (Å²) < 4.78 is 0. The van der Waals surface area contributed by atoms with Gasteiger partial charge < -0.3 is 4.90 Å². The van der Waals surface area contributed by atoms with Crippen LogP contribution in [0.25, 0.3) is 0 Å². The van der Waals surface area contributed by atoms with Crippen molar-refractivity contribution in [3.8, 4) is 0 Å². The fourth-order valence-corrected chi connectivity index (χ4v) is 1.48. The number of nitro benzene ring substituents is 1. The monoisotopic (exact) mass is 248 g/mol. The largest absolute Gasteiger partial charge is 0.338 e. The number of nitro groups is 1. The van der Waals surface area contributed by atoms with Crippen LogP contribution in [-0.2, 0) is 11.3 Å². The predicted octanol–water partition coefficient (Wildman–Crippen LogP) is 2.52. The van der Waals surface area contributed by atoms with E-state index in [0.717, 1.165) is 11.1 Å². The van der Waals surface area contributed by atoms with Gasteiger partial charge in [0.05, 0.1) is 4.92 Å². The van der Waals surface area contributed by atoms with Gasteiger partial charge in [0.15, 0.2) is 0 Å². The van der Waals surface area contributed by atoms with Crippen molar-refractivity contribution < 1.29 is 9.72 Å². The van der Waals surface area contributed by atoms with Crippen molar-refractivity contribution in [2.75, 3.05) is 7.05 Å². The van der Waals surface area contributed by atoms with Gasteiger partial charge in [-0.05, 0) is 19.4 Å². The number of hydrogen-bond donors (Lipinski definition) is 0. The maximum Gasteiger partial charge on any atom is 0.269 e. The highest BCUT2D eigenvalue weighted by Gasteiger charge is 2.09. The molecule has 0 saturated heterocycles. The fourth-order valence-electron chi connectivity index (χ4n) is 1.48. The number of nitrogens with zero attached hydrogens (tertiary/aromatic N) is 2. The molecule has 0 bridgehead atoms. The molecule has 1 aromatic carbocycles. The third kappa shape index (κ3) is 4.01. The summed E-state index contributed by atoms with van der Waals surface area (Å²) in [5.41, 5.74) is 1.70. The minimum absolute atomic E-state index is 0.0376. The maximum atomic E-state index is 11.7. The molecule has 0 aliphatic rings. The van der Waals surface area contributed by atoms with Gasteiger partial charge in [-0.2, -0.15) is 0 Å². The molecule has 0 aliphatic carbocycles. The van der Waals surface area contributed by atoms with E-state index in [-0.39, 0.29) is 11.6 Å². The molecule has 0 spiro atoms. The minimum Gasteiger partial charge on any atom is -0.338 e. The van der Waals surface area contributed by atoms with E-state index in [0.29, 0.717) is 6.54 Å². The summed E-state index contributed by atoms with van der Waals surface area (Å²) >= 11 is 0. The van der Waals surface area contributed by atoms with E-state index < -0.39 is 4.92 Å². The first-order valence-electron chi connectivity index (χ1n) is 5.53. The van der Waals surface area contributed by atoms with Crippen LogP contribution < -0.4 is 0 Å². The second-order valence-electron chi connectivity index (χ2n) is 4.34. The van der Waals surface area contributed by atoms with Gasteiger partial charge in [0.2, 0.25) is 5.91 Å². The van der Waals surface area contributed by atoms with Crippen LogP contribution in [0, 0.1) is 10.1 Å². The molecule has 0 aromatic heterocycles. The third-order valence-corrected chi connectivity index (χ3v) is 2.33. The molecule has 1 rings (SSSR count). The molecule has 5 heteroatoms. The van der Waals surface area contributed by atoms with E-state index in [9.17, 15) is 14.9 Å². The second-order valence-corrected chi connectivity index (χ2v) is 4.34. The van der Waals surface area contributed by atoms with E-state index in [2.05, 4.69) is 0 Å². The Bertz CT molecular complexity index is 491. The topological polar surface area (TPSA) is 63.5 Å². The van der Waals surface area contributed by atoms with E-state index in [1.807, 2.05) is 13.8 Å². The van der Waals surface area contributed by atoms with Gasteiger partial charge in [-0.1, -0.05) is 17.7 Å². The Hall–Kier alpha value is -2.17. The second kappa shape index (κ2) is 5.95. The molecule has 0 N–H and O–H groups in total. The SMILES string of the molecule is CC(C)=CC(=O)N(C)Cc1cccc([N+](=O)[O-])c1. The average molecular weight is 248 g/mol. The van der Waals surface area contributed by atoms with Gasteiger partial charge in [0.1, 0.15) is 0 Å². The van der Waals surface area contributed by atoms with Gasteiger partial charge >= 0.3 is 0 Å². The van der Waals surface area contributed by atoms with Crippen molar-refractivity contribution in [3.63, 3.8) is 0 Å². The summed E-state index contributed by atoms with van der Waals surface area (Å²) in [4.78, 5) is 23.4. The zero-order valence-electron chi connectivity index (χ0n) is 10.7. The highest BCUT2D eigenvalue weighted by Crippen LogP contribution is 2.14. The molecule has 0 unspecified atom stereocenters. The molecule has 0 heterocycles. The van der Waals surface area contributed by atoms with Crippen LogP contribution in [0.15, 0.2) is 35.9 Å². The van der Waals surface area contributed by atoms with Gasteiger partial charge in [0.25, 0.3) is 5.69 Å². The Morgan fingerprint density at radius 1 is 1.44 bits per heavy atom. The Kier molecular flexibility index (Phi) is 4.59. The average Bonchev–Trinajstić information content (AvgIpc) is 2.28. The first-order valence-corrected chi connectivity index (χ1v) is 5.53. The minimum atomic E-state index is -0.443. The number of likely N-dealkylation sites (N-methyl/N-ethyl adjacent to an activating group) is 1. The number of amides is 1. The highest BCUT2D eigenvalue weighted by molar-refractivity contribution is 5.87. The summed E-state index contributed by atoms with van der Waals surface area (Å²) in [5, 5.41) is 10.6. The Balaban J connectivity index is 2.79. The summed E-state index contributed by atoms with van der Waals surface area (Å²) in [7, 11) is 1.67. The maximum absolute atomic E-state index is 11.7. The van der Waals surface area contributed by atoms with E-state index in [4.69, 9.17) is 0 Å². The number of rotatable bonds is 4. The normalized spacial score (nSPS) is 9.72. The van der Waals surface area contributed by atoms with Gasteiger partial charge in [-0.15, -0.1) is 0 Å². The summed E-state index contributed by atoms with van der Waals surface area (Å²) in [6.45, 7) is 4.04.